The van der Waals surface area contributed by atoms with Gasteiger partial charge in [0.15, 0.2) is 0 Å². The maximum absolute atomic E-state index is 10.6. The van der Waals surface area contributed by atoms with Gasteiger partial charge < -0.3 is 15.6 Å². The fourth-order valence-corrected chi connectivity index (χ4v) is 2.28. The van der Waals surface area contributed by atoms with Crippen LogP contribution in [0.1, 0.15) is 52.5 Å². The Balaban J connectivity index is 2.82. The molecule has 0 aliphatic rings. The van der Waals surface area contributed by atoms with Crippen molar-refractivity contribution in [2.45, 2.75) is 53.1 Å². The predicted molar refractivity (Wildman–Crippen MR) is 88.6 cm³/mol. The zero-order chi connectivity index (χ0) is 16.0. The highest BCUT2D eigenvalue weighted by Crippen LogP contribution is 2.34. The molecule has 21 heavy (non-hydrogen) atoms. The van der Waals surface area contributed by atoms with E-state index in [0.29, 0.717) is 19.1 Å². The summed E-state index contributed by atoms with van der Waals surface area (Å²) in [4.78, 5) is 0. The third-order valence-electron chi connectivity index (χ3n) is 4.24. The number of hydrogen-bond acceptors (Lipinski definition) is 3. The maximum atomic E-state index is 10.6. The second kappa shape index (κ2) is 7.81. The number of nitrogens with two attached hydrogens (primary N) is 1. The van der Waals surface area contributed by atoms with Crippen LogP contribution in [-0.2, 0) is 0 Å². The Labute approximate surface area is 129 Å². The molecule has 0 saturated carbocycles. The summed E-state index contributed by atoms with van der Waals surface area (Å²) >= 11 is 0. The summed E-state index contributed by atoms with van der Waals surface area (Å²) in [5.41, 5.74) is 6.83. The summed E-state index contributed by atoms with van der Waals surface area (Å²) in [5.74, 6) is 1.33. The van der Waals surface area contributed by atoms with Crippen LogP contribution in [0.15, 0.2) is 24.3 Å². The average molecular weight is 293 g/mol. The van der Waals surface area contributed by atoms with Gasteiger partial charge in [-0.25, -0.2) is 0 Å². The van der Waals surface area contributed by atoms with Crippen molar-refractivity contribution in [1.29, 1.82) is 0 Å². The first-order valence-electron chi connectivity index (χ1n) is 7.92. The zero-order valence-electron chi connectivity index (χ0n) is 14.1. The van der Waals surface area contributed by atoms with E-state index in [0.717, 1.165) is 17.7 Å². The normalized spacial score (nSPS) is 15.0. The molecule has 0 bridgehead atoms. The molecule has 2 unspecified atom stereocenters. The van der Waals surface area contributed by atoms with Gasteiger partial charge in [-0.05, 0) is 35.4 Å². The number of aliphatic hydroxyl groups excluding tert-OH is 1. The van der Waals surface area contributed by atoms with E-state index in [1.165, 1.54) is 0 Å². The lowest BCUT2D eigenvalue weighted by molar-refractivity contribution is 0.0264. The summed E-state index contributed by atoms with van der Waals surface area (Å²) in [6.07, 6.45) is 0.468. The Kier molecular flexibility index (Phi) is 6.69. The molecule has 3 nitrogen and oxygen atoms in total. The van der Waals surface area contributed by atoms with Crippen molar-refractivity contribution in [3.63, 3.8) is 0 Å². The summed E-state index contributed by atoms with van der Waals surface area (Å²) in [6.45, 7) is 11.7. The Morgan fingerprint density at radius 1 is 1.19 bits per heavy atom. The Morgan fingerprint density at radius 2 is 1.76 bits per heavy atom. The van der Waals surface area contributed by atoms with Gasteiger partial charge in [-0.1, -0.05) is 46.8 Å². The topological polar surface area (TPSA) is 55.5 Å². The molecule has 3 heteroatoms. The number of benzene rings is 1. The highest BCUT2D eigenvalue weighted by molar-refractivity contribution is 5.30. The highest BCUT2D eigenvalue weighted by atomic mass is 16.5. The van der Waals surface area contributed by atoms with Gasteiger partial charge in [0, 0.05) is 12.5 Å². The van der Waals surface area contributed by atoms with E-state index in [9.17, 15) is 5.11 Å². The van der Waals surface area contributed by atoms with Crippen LogP contribution in [-0.4, -0.2) is 24.4 Å². The van der Waals surface area contributed by atoms with Crippen molar-refractivity contribution in [2.75, 3.05) is 13.2 Å². The quantitative estimate of drug-likeness (QED) is 0.770. The summed E-state index contributed by atoms with van der Waals surface area (Å²) in [5, 5.41) is 10.6. The molecule has 0 aliphatic carbocycles. The third kappa shape index (κ3) is 5.01. The summed E-state index contributed by atoms with van der Waals surface area (Å²) in [7, 11) is 0. The van der Waals surface area contributed by atoms with Gasteiger partial charge in [0.2, 0.25) is 0 Å². The molecular weight excluding hydrogens is 262 g/mol. The van der Waals surface area contributed by atoms with Gasteiger partial charge in [0.1, 0.15) is 5.75 Å². The Bertz CT molecular complexity index is 412. The van der Waals surface area contributed by atoms with E-state index in [1.807, 2.05) is 24.3 Å². The lowest BCUT2D eigenvalue weighted by Gasteiger charge is -2.35. The van der Waals surface area contributed by atoms with Crippen molar-refractivity contribution in [2.24, 2.45) is 17.1 Å². The predicted octanol–water partition coefficient (Wildman–Crippen LogP) is 3.56. The van der Waals surface area contributed by atoms with E-state index in [2.05, 4.69) is 34.6 Å². The monoisotopic (exact) mass is 293 g/mol. The van der Waals surface area contributed by atoms with Crippen molar-refractivity contribution in [3.8, 4) is 5.75 Å². The molecule has 1 rings (SSSR count). The van der Waals surface area contributed by atoms with Gasteiger partial charge in [-0.2, -0.15) is 0 Å². The van der Waals surface area contributed by atoms with Crippen LogP contribution in [0.5, 0.6) is 5.75 Å². The van der Waals surface area contributed by atoms with E-state index in [-0.39, 0.29) is 11.3 Å². The summed E-state index contributed by atoms with van der Waals surface area (Å²) < 4.78 is 5.69. The zero-order valence-corrected chi connectivity index (χ0v) is 14.1. The number of hydrogen-bond donors (Lipinski definition) is 2. The molecule has 0 aliphatic heterocycles. The minimum Gasteiger partial charge on any atom is -0.493 e. The van der Waals surface area contributed by atoms with Gasteiger partial charge in [-0.3, -0.25) is 0 Å². The van der Waals surface area contributed by atoms with E-state index in [4.69, 9.17) is 10.5 Å². The van der Waals surface area contributed by atoms with E-state index in [1.54, 1.807) is 0 Å². The lowest BCUT2D eigenvalue weighted by atomic mass is 9.75. The molecule has 0 spiro atoms. The van der Waals surface area contributed by atoms with Gasteiger partial charge >= 0.3 is 0 Å². The molecule has 2 atom stereocenters. The van der Waals surface area contributed by atoms with E-state index >= 15 is 0 Å². The van der Waals surface area contributed by atoms with Crippen LogP contribution >= 0.6 is 0 Å². The molecule has 0 heterocycles. The minimum atomic E-state index is -0.449. The standard InChI is InChI=1S/C18H31NO2/c1-6-18(4,5)17(20)16(11-19)14-7-9-15(10-8-14)21-12-13(2)3/h7-10,13,16-17,20H,6,11-12,19H2,1-5H3. The fourth-order valence-electron chi connectivity index (χ4n) is 2.28. The second-order valence-electron chi connectivity index (χ2n) is 6.90. The summed E-state index contributed by atoms with van der Waals surface area (Å²) in [6, 6.07) is 7.96. The molecule has 0 amide bonds. The van der Waals surface area contributed by atoms with Crippen molar-refractivity contribution < 1.29 is 9.84 Å². The van der Waals surface area contributed by atoms with Crippen LogP contribution in [0.4, 0.5) is 0 Å². The molecule has 1 aromatic carbocycles. The smallest absolute Gasteiger partial charge is 0.119 e. The van der Waals surface area contributed by atoms with Gasteiger partial charge in [0.05, 0.1) is 12.7 Å². The number of aliphatic hydroxyl groups is 1. The first kappa shape index (κ1) is 18.0. The lowest BCUT2D eigenvalue weighted by Crippen LogP contribution is -2.37. The molecule has 0 radical (unpaired) electrons. The molecule has 0 fully saturated rings. The third-order valence-corrected chi connectivity index (χ3v) is 4.24. The maximum Gasteiger partial charge on any atom is 0.119 e. The Hall–Kier alpha value is -1.06. The fraction of sp³-hybridized carbons (Fsp3) is 0.667. The second-order valence-corrected chi connectivity index (χ2v) is 6.90. The van der Waals surface area contributed by atoms with Crippen molar-refractivity contribution >= 4 is 0 Å². The van der Waals surface area contributed by atoms with Crippen LogP contribution in [0.25, 0.3) is 0 Å². The van der Waals surface area contributed by atoms with E-state index < -0.39 is 6.10 Å². The van der Waals surface area contributed by atoms with Crippen molar-refractivity contribution in [3.05, 3.63) is 29.8 Å². The molecule has 3 N–H and O–H groups in total. The van der Waals surface area contributed by atoms with Crippen LogP contribution in [0.2, 0.25) is 0 Å². The first-order chi connectivity index (χ1) is 9.81. The van der Waals surface area contributed by atoms with Crippen molar-refractivity contribution in [1.82, 2.24) is 0 Å². The first-order valence-corrected chi connectivity index (χ1v) is 7.92. The van der Waals surface area contributed by atoms with Crippen LogP contribution < -0.4 is 10.5 Å². The SMILES string of the molecule is CCC(C)(C)C(O)C(CN)c1ccc(OCC(C)C)cc1. The van der Waals surface area contributed by atoms with Gasteiger partial charge in [0.25, 0.3) is 0 Å². The largest absolute Gasteiger partial charge is 0.493 e. The van der Waals surface area contributed by atoms with Crippen LogP contribution in [0.3, 0.4) is 0 Å². The minimum absolute atomic E-state index is 0.0425. The van der Waals surface area contributed by atoms with Gasteiger partial charge in [-0.15, -0.1) is 0 Å². The molecule has 0 saturated heterocycles. The average Bonchev–Trinajstić information content (AvgIpc) is 2.47. The molecular formula is C18H31NO2. The molecule has 0 aromatic heterocycles. The number of rotatable bonds is 8. The van der Waals surface area contributed by atoms with Crippen LogP contribution in [0, 0.1) is 11.3 Å². The highest BCUT2D eigenvalue weighted by Gasteiger charge is 2.32. The number of ether oxygens (including phenoxy) is 1. The molecule has 120 valence electrons. The Morgan fingerprint density at radius 3 is 2.19 bits per heavy atom. The molecule has 1 aromatic rings.